The van der Waals surface area contributed by atoms with Gasteiger partial charge in [0.25, 0.3) is 5.91 Å². The molecule has 2 rings (SSSR count). The van der Waals surface area contributed by atoms with Gasteiger partial charge in [-0.1, -0.05) is 0 Å². The lowest BCUT2D eigenvalue weighted by atomic mass is 10.1. The molecular weight excluding hydrogens is 329 g/mol. The second kappa shape index (κ2) is 5.82. The minimum absolute atomic E-state index is 0.135. The van der Waals surface area contributed by atoms with Crippen LogP contribution in [0.15, 0.2) is 24.3 Å². The van der Waals surface area contributed by atoms with Crippen LogP contribution in [0.3, 0.4) is 0 Å². The van der Waals surface area contributed by atoms with Gasteiger partial charge in [0.15, 0.2) is 0 Å². The van der Waals surface area contributed by atoms with E-state index in [0.29, 0.717) is 6.10 Å². The molecule has 3 nitrogen and oxygen atoms in total. The number of benzene rings is 1. The average molecular weight is 345 g/mol. The highest BCUT2D eigenvalue weighted by molar-refractivity contribution is 14.1. The van der Waals surface area contributed by atoms with E-state index in [0.717, 1.165) is 35.1 Å². The minimum atomic E-state index is 0.135. The Balaban J connectivity index is 1.99. The zero-order valence-electron chi connectivity index (χ0n) is 9.86. The summed E-state index contributed by atoms with van der Waals surface area (Å²) in [5.74, 6) is 0.135. The molecule has 1 saturated heterocycles. The van der Waals surface area contributed by atoms with E-state index in [1.54, 1.807) is 7.11 Å². The van der Waals surface area contributed by atoms with Crippen LogP contribution >= 0.6 is 22.6 Å². The molecule has 1 amide bonds. The molecule has 92 valence electrons. The first-order valence-corrected chi connectivity index (χ1v) is 6.86. The maximum Gasteiger partial charge on any atom is 0.253 e. The number of ether oxygens (including phenoxy) is 1. The molecule has 1 heterocycles. The topological polar surface area (TPSA) is 29.5 Å². The van der Waals surface area contributed by atoms with Crippen molar-refractivity contribution >= 4 is 28.5 Å². The van der Waals surface area contributed by atoms with E-state index < -0.39 is 0 Å². The van der Waals surface area contributed by atoms with Crippen LogP contribution in [0.2, 0.25) is 0 Å². The van der Waals surface area contributed by atoms with Crippen LogP contribution in [-0.2, 0) is 4.74 Å². The fraction of sp³-hybridized carbons (Fsp3) is 0.462. The Morgan fingerprint density at radius 2 is 1.88 bits per heavy atom. The largest absolute Gasteiger partial charge is 0.381 e. The van der Waals surface area contributed by atoms with Crippen LogP contribution in [0.1, 0.15) is 23.2 Å². The van der Waals surface area contributed by atoms with Gasteiger partial charge in [-0.15, -0.1) is 0 Å². The highest BCUT2D eigenvalue weighted by Gasteiger charge is 2.23. The van der Waals surface area contributed by atoms with E-state index >= 15 is 0 Å². The fourth-order valence-corrected chi connectivity index (χ4v) is 2.43. The Morgan fingerprint density at radius 3 is 2.41 bits per heavy atom. The predicted molar refractivity (Wildman–Crippen MR) is 75.1 cm³/mol. The summed E-state index contributed by atoms with van der Waals surface area (Å²) < 4.78 is 6.45. The lowest BCUT2D eigenvalue weighted by Gasteiger charge is -2.31. The zero-order valence-corrected chi connectivity index (χ0v) is 12.0. The molecule has 0 spiro atoms. The van der Waals surface area contributed by atoms with Crippen LogP contribution in [0, 0.1) is 3.57 Å². The van der Waals surface area contributed by atoms with Crippen molar-refractivity contribution in [1.82, 2.24) is 4.90 Å². The van der Waals surface area contributed by atoms with Gasteiger partial charge in [0.1, 0.15) is 0 Å². The van der Waals surface area contributed by atoms with E-state index in [1.807, 2.05) is 29.2 Å². The summed E-state index contributed by atoms with van der Waals surface area (Å²) >= 11 is 2.24. The number of piperidine rings is 1. The van der Waals surface area contributed by atoms with Crippen LogP contribution in [0.25, 0.3) is 0 Å². The van der Waals surface area contributed by atoms with Crippen molar-refractivity contribution in [2.45, 2.75) is 18.9 Å². The average Bonchev–Trinajstić information content (AvgIpc) is 2.39. The van der Waals surface area contributed by atoms with Gasteiger partial charge >= 0.3 is 0 Å². The molecule has 0 bridgehead atoms. The van der Waals surface area contributed by atoms with Gasteiger partial charge in [-0.25, -0.2) is 0 Å². The van der Waals surface area contributed by atoms with Gasteiger partial charge in [-0.05, 0) is 59.7 Å². The number of nitrogens with zero attached hydrogens (tertiary/aromatic N) is 1. The van der Waals surface area contributed by atoms with E-state index in [1.165, 1.54) is 0 Å². The van der Waals surface area contributed by atoms with Crippen molar-refractivity contribution in [3.8, 4) is 0 Å². The maximum atomic E-state index is 12.2. The molecule has 1 aromatic carbocycles. The summed E-state index contributed by atoms with van der Waals surface area (Å²) in [5.41, 5.74) is 0.779. The van der Waals surface area contributed by atoms with Gasteiger partial charge in [-0.3, -0.25) is 4.79 Å². The minimum Gasteiger partial charge on any atom is -0.381 e. The third kappa shape index (κ3) is 3.19. The SMILES string of the molecule is COC1CCN(C(=O)c2ccc(I)cc2)CC1. The molecule has 0 radical (unpaired) electrons. The van der Waals surface area contributed by atoms with E-state index in [-0.39, 0.29) is 5.91 Å². The standard InChI is InChI=1S/C13H16INO2/c1-17-12-6-8-15(9-7-12)13(16)10-2-4-11(14)5-3-10/h2-5,12H,6-9H2,1H3. The van der Waals surface area contributed by atoms with Crippen molar-refractivity contribution in [3.05, 3.63) is 33.4 Å². The first-order valence-electron chi connectivity index (χ1n) is 5.78. The molecular formula is C13H16INO2. The van der Waals surface area contributed by atoms with Gasteiger partial charge in [0.05, 0.1) is 6.10 Å². The Labute approximate surface area is 115 Å². The lowest BCUT2D eigenvalue weighted by Crippen LogP contribution is -2.40. The highest BCUT2D eigenvalue weighted by Crippen LogP contribution is 2.16. The molecule has 1 aliphatic rings. The van der Waals surface area contributed by atoms with Crippen LogP contribution in [0.5, 0.6) is 0 Å². The summed E-state index contributed by atoms with van der Waals surface area (Å²) in [5, 5.41) is 0. The molecule has 1 fully saturated rings. The second-order valence-electron chi connectivity index (χ2n) is 4.23. The Kier molecular flexibility index (Phi) is 4.39. The first kappa shape index (κ1) is 12.8. The first-order chi connectivity index (χ1) is 8.20. The molecule has 0 atom stereocenters. The molecule has 0 unspecified atom stereocenters. The number of rotatable bonds is 2. The van der Waals surface area contributed by atoms with Crippen molar-refractivity contribution < 1.29 is 9.53 Å². The number of hydrogen-bond acceptors (Lipinski definition) is 2. The smallest absolute Gasteiger partial charge is 0.253 e. The van der Waals surface area contributed by atoms with Crippen LogP contribution < -0.4 is 0 Å². The monoisotopic (exact) mass is 345 g/mol. The molecule has 1 aromatic rings. The van der Waals surface area contributed by atoms with E-state index in [4.69, 9.17) is 4.74 Å². The van der Waals surface area contributed by atoms with Crippen LogP contribution in [0.4, 0.5) is 0 Å². The summed E-state index contributed by atoms with van der Waals surface area (Å²) in [7, 11) is 1.74. The summed E-state index contributed by atoms with van der Waals surface area (Å²) in [4.78, 5) is 14.1. The van der Waals surface area contributed by atoms with E-state index in [9.17, 15) is 4.79 Å². The van der Waals surface area contributed by atoms with Crippen LogP contribution in [-0.4, -0.2) is 37.1 Å². The van der Waals surface area contributed by atoms with Gasteiger partial charge in [0.2, 0.25) is 0 Å². The molecule has 1 aliphatic heterocycles. The van der Waals surface area contributed by atoms with Gasteiger partial charge in [0, 0.05) is 29.3 Å². The zero-order chi connectivity index (χ0) is 12.3. The Bertz CT molecular complexity index is 383. The third-order valence-electron chi connectivity index (χ3n) is 3.15. The van der Waals surface area contributed by atoms with Gasteiger partial charge in [-0.2, -0.15) is 0 Å². The summed E-state index contributed by atoms with van der Waals surface area (Å²) in [6, 6.07) is 7.73. The predicted octanol–water partition coefficient (Wildman–Crippen LogP) is 2.54. The fourth-order valence-electron chi connectivity index (χ4n) is 2.07. The number of carbonyl (C=O) groups is 1. The second-order valence-corrected chi connectivity index (χ2v) is 5.48. The number of carbonyl (C=O) groups excluding carboxylic acids is 1. The molecule has 0 aliphatic carbocycles. The Hall–Kier alpha value is -0.620. The molecule has 0 N–H and O–H groups in total. The van der Waals surface area contributed by atoms with Gasteiger partial charge < -0.3 is 9.64 Å². The molecule has 4 heteroatoms. The summed E-state index contributed by atoms with van der Waals surface area (Å²) in [6.45, 7) is 1.59. The summed E-state index contributed by atoms with van der Waals surface area (Å²) in [6.07, 6.45) is 2.19. The quantitative estimate of drug-likeness (QED) is 0.771. The normalized spacial score (nSPS) is 17.2. The molecule has 0 saturated carbocycles. The molecule has 17 heavy (non-hydrogen) atoms. The van der Waals surface area contributed by atoms with Crippen molar-refractivity contribution in [3.63, 3.8) is 0 Å². The number of halogens is 1. The van der Waals surface area contributed by atoms with Crippen molar-refractivity contribution in [2.75, 3.05) is 20.2 Å². The number of methoxy groups -OCH3 is 1. The van der Waals surface area contributed by atoms with E-state index in [2.05, 4.69) is 22.6 Å². The van der Waals surface area contributed by atoms with Crippen molar-refractivity contribution in [2.24, 2.45) is 0 Å². The highest BCUT2D eigenvalue weighted by atomic mass is 127. The maximum absolute atomic E-state index is 12.2. The third-order valence-corrected chi connectivity index (χ3v) is 3.87. The number of hydrogen-bond donors (Lipinski definition) is 0. The number of likely N-dealkylation sites (tertiary alicyclic amines) is 1. The molecule has 0 aromatic heterocycles. The van der Waals surface area contributed by atoms with Crippen molar-refractivity contribution in [1.29, 1.82) is 0 Å². The Morgan fingerprint density at radius 1 is 1.29 bits per heavy atom. The number of amides is 1. The lowest BCUT2D eigenvalue weighted by molar-refractivity contribution is 0.0351.